The maximum absolute atomic E-state index is 12.9. The van der Waals surface area contributed by atoms with E-state index in [9.17, 15) is 9.59 Å². The van der Waals surface area contributed by atoms with E-state index in [2.05, 4.69) is 21.0 Å². The summed E-state index contributed by atoms with van der Waals surface area (Å²) in [6.45, 7) is 5.33. The van der Waals surface area contributed by atoms with Gasteiger partial charge >= 0.3 is 0 Å². The first-order chi connectivity index (χ1) is 15.4. The first-order valence-electron chi connectivity index (χ1n) is 10.0. The van der Waals surface area contributed by atoms with Gasteiger partial charge in [-0.1, -0.05) is 47.6 Å². The number of hydrogen-bond acceptors (Lipinski definition) is 6. The maximum atomic E-state index is 12.9. The van der Waals surface area contributed by atoms with Crippen LogP contribution in [0.3, 0.4) is 0 Å². The lowest BCUT2D eigenvalue weighted by Gasteiger charge is -2.12. The molecule has 2 aromatic carbocycles. The van der Waals surface area contributed by atoms with Crippen molar-refractivity contribution in [2.75, 3.05) is 6.61 Å². The van der Waals surface area contributed by atoms with Gasteiger partial charge in [-0.25, -0.2) is 4.98 Å². The number of carbonyl (C=O) groups is 2. The average molecular weight is 430 g/mol. The molecule has 0 saturated carbocycles. The average Bonchev–Trinajstić information content (AvgIpc) is 3.18. The lowest BCUT2D eigenvalue weighted by Crippen LogP contribution is -2.44. The Morgan fingerprint density at radius 1 is 1.00 bits per heavy atom. The second-order valence-electron chi connectivity index (χ2n) is 7.43. The second-order valence-corrected chi connectivity index (χ2v) is 7.43. The van der Waals surface area contributed by atoms with Gasteiger partial charge in [-0.15, -0.1) is 0 Å². The van der Waals surface area contributed by atoms with Crippen LogP contribution >= 0.6 is 0 Å². The summed E-state index contributed by atoms with van der Waals surface area (Å²) in [7, 11) is 0. The van der Waals surface area contributed by atoms with Crippen molar-refractivity contribution < 1.29 is 18.8 Å². The molecule has 0 aliphatic carbocycles. The van der Waals surface area contributed by atoms with E-state index < -0.39 is 11.8 Å². The SMILES string of the molecule is Cc1ccc(C)c(OCC(=O)NNC(=O)c2cc(-c3ccccc3)nc3onc(C)c23)c1. The quantitative estimate of drug-likeness (QED) is 0.468. The molecule has 2 amide bonds. The number of nitrogens with zero attached hydrogens (tertiary/aromatic N) is 2. The molecule has 0 unspecified atom stereocenters. The Kier molecular flexibility index (Phi) is 5.85. The molecule has 0 bridgehead atoms. The summed E-state index contributed by atoms with van der Waals surface area (Å²) < 4.78 is 10.9. The number of benzene rings is 2. The largest absolute Gasteiger partial charge is 0.483 e. The predicted molar refractivity (Wildman–Crippen MR) is 119 cm³/mol. The molecule has 8 nitrogen and oxygen atoms in total. The second kappa shape index (κ2) is 8.89. The van der Waals surface area contributed by atoms with Crippen LogP contribution in [0, 0.1) is 20.8 Å². The summed E-state index contributed by atoms with van der Waals surface area (Å²) in [5, 5.41) is 4.41. The highest BCUT2D eigenvalue weighted by Gasteiger charge is 2.20. The van der Waals surface area contributed by atoms with Gasteiger partial charge in [0.15, 0.2) is 6.61 Å². The summed E-state index contributed by atoms with van der Waals surface area (Å²) in [4.78, 5) is 29.6. The Hall–Kier alpha value is -4.20. The Bertz CT molecular complexity index is 1300. The van der Waals surface area contributed by atoms with Gasteiger partial charge in [0.1, 0.15) is 5.75 Å². The highest BCUT2D eigenvalue weighted by atomic mass is 16.5. The lowest BCUT2D eigenvalue weighted by molar-refractivity contribution is -0.123. The number of fused-ring (bicyclic) bond motifs is 1. The van der Waals surface area contributed by atoms with E-state index in [0.717, 1.165) is 16.7 Å². The van der Waals surface area contributed by atoms with Crippen molar-refractivity contribution in [2.45, 2.75) is 20.8 Å². The summed E-state index contributed by atoms with van der Waals surface area (Å²) >= 11 is 0. The Balaban J connectivity index is 1.49. The fourth-order valence-electron chi connectivity index (χ4n) is 3.27. The number of ether oxygens (including phenoxy) is 1. The highest BCUT2D eigenvalue weighted by molar-refractivity contribution is 6.07. The van der Waals surface area contributed by atoms with Gasteiger partial charge in [0, 0.05) is 5.56 Å². The molecular weight excluding hydrogens is 408 g/mol. The minimum atomic E-state index is -0.513. The minimum absolute atomic E-state index is 0.238. The Labute approximate surface area is 184 Å². The number of hydrazine groups is 1. The number of nitrogens with one attached hydrogen (secondary N) is 2. The molecule has 4 rings (SSSR count). The number of pyridine rings is 1. The predicted octanol–water partition coefficient (Wildman–Crippen LogP) is 3.66. The van der Waals surface area contributed by atoms with Crippen LogP contribution in [-0.2, 0) is 4.79 Å². The van der Waals surface area contributed by atoms with Crippen molar-refractivity contribution in [1.29, 1.82) is 0 Å². The van der Waals surface area contributed by atoms with Gasteiger partial charge < -0.3 is 9.26 Å². The number of carbonyl (C=O) groups excluding carboxylic acids is 2. The van der Waals surface area contributed by atoms with E-state index in [1.54, 1.807) is 13.0 Å². The van der Waals surface area contributed by atoms with E-state index in [-0.39, 0.29) is 12.3 Å². The lowest BCUT2D eigenvalue weighted by atomic mass is 10.1. The van der Waals surface area contributed by atoms with Gasteiger partial charge in [-0.05, 0) is 44.0 Å². The Morgan fingerprint density at radius 2 is 1.78 bits per heavy atom. The molecule has 0 aliphatic heterocycles. The third-order valence-electron chi connectivity index (χ3n) is 4.95. The number of aryl methyl sites for hydroxylation is 3. The van der Waals surface area contributed by atoms with Gasteiger partial charge in [-0.3, -0.25) is 20.4 Å². The molecule has 8 heteroatoms. The maximum Gasteiger partial charge on any atom is 0.276 e. The van der Waals surface area contributed by atoms with Crippen molar-refractivity contribution in [2.24, 2.45) is 0 Å². The standard InChI is InChI=1S/C24H22N4O4/c1-14-9-10-15(2)20(11-14)31-13-21(29)26-27-23(30)18-12-19(17-7-5-4-6-8-17)25-24-22(18)16(3)28-32-24/h4-12H,13H2,1-3H3,(H,26,29)(H,27,30). The number of rotatable bonds is 5. The molecule has 0 atom stereocenters. The van der Waals surface area contributed by atoms with Crippen LogP contribution in [0.5, 0.6) is 5.75 Å². The first-order valence-corrected chi connectivity index (χ1v) is 10.0. The van der Waals surface area contributed by atoms with Crippen molar-refractivity contribution >= 4 is 22.9 Å². The molecule has 0 aliphatic rings. The molecule has 162 valence electrons. The molecule has 4 aromatic rings. The topological polar surface area (TPSA) is 106 Å². The molecule has 0 saturated heterocycles. The first kappa shape index (κ1) is 21.0. The van der Waals surface area contributed by atoms with E-state index in [0.29, 0.717) is 28.1 Å². The van der Waals surface area contributed by atoms with Crippen LogP contribution in [0.1, 0.15) is 27.2 Å². The fourth-order valence-corrected chi connectivity index (χ4v) is 3.27. The van der Waals surface area contributed by atoms with Gasteiger partial charge in [-0.2, -0.15) is 0 Å². The normalized spacial score (nSPS) is 10.7. The summed E-state index contributed by atoms with van der Waals surface area (Å²) in [5.41, 5.74) is 9.22. The molecule has 2 aromatic heterocycles. The smallest absolute Gasteiger partial charge is 0.276 e. The zero-order chi connectivity index (χ0) is 22.7. The summed E-state index contributed by atoms with van der Waals surface area (Å²) in [6.07, 6.45) is 0. The third kappa shape index (κ3) is 4.44. The highest BCUT2D eigenvalue weighted by Crippen LogP contribution is 2.26. The van der Waals surface area contributed by atoms with Crippen molar-refractivity contribution in [3.63, 3.8) is 0 Å². The number of hydrogen-bond donors (Lipinski definition) is 2. The van der Waals surface area contributed by atoms with E-state index in [4.69, 9.17) is 9.26 Å². The van der Waals surface area contributed by atoms with E-state index in [1.165, 1.54) is 0 Å². The monoisotopic (exact) mass is 430 g/mol. The van der Waals surface area contributed by atoms with E-state index >= 15 is 0 Å². The van der Waals surface area contributed by atoms with Crippen LogP contribution < -0.4 is 15.6 Å². The van der Waals surface area contributed by atoms with Crippen LogP contribution in [0.4, 0.5) is 0 Å². The van der Waals surface area contributed by atoms with Gasteiger partial charge in [0.05, 0.1) is 22.3 Å². The van der Waals surface area contributed by atoms with Crippen molar-refractivity contribution in [1.82, 2.24) is 21.0 Å². The van der Waals surface area contributed by atoms with Crippen molar-refractivity contribution in [3.05, 3.63) is 77.0 Å². The van der Waals surface area contributed by atoms with E-state index in [1.807, 2.05) is 62.4 Å². The fraction of sp³-hybridized carbons (Fsp3) is 0.167. The molecule has 2 heterocycles. The number of aromatic nitrogens is 2. The third-order valence-corrected chi connectivity index (χ3v) is 4.95. The summed E-state index contributed by atoms with van der Waals surface area (Å²) in [6, 6.07) is 16.8. The van der Waals surface area contributed by atoms with Crippen LogP contribution in [0.25, 0.3) is 22.4 Å². The number of amides is 2. The van der Waals surface area contributed by atoms with Crippen LogP contribution in [-0.4, -0.2) is 28.6 Å². The molecular formula is C24H22N4O4. The van der Waals surface area contributed by atoms with Gasteiger partial charge in [0.25, 0.3) is 17.5 Å². The van der Waals surface area contributed by atoms with Crippen molar-refractivity contribution in [3.8, 4) is 17.0 Å². The molecule has 0 radical (unpaired) electrons. The zero-order valence-corrected chi connectivity index (χ0v) is 17.9. The van der Waals surface area contributed by atoms with Crippen LogP contribution in [0.15, 0.2) is 59.1 Å². The molecule has 32 heavy (non-hydrogen) atoms. The molecule has 0 spiro atoms. The summed E-state index contributed by atoms with van der Waals surface area (Å²) in [5.74, 6) is -0.384. The molecule has 2 N–H and O–H groups in total. The van der Waals surface area contributed by atoms with Crippen LogP contribution in [0.2, 0.25) is 0 Å². The van der Waals surface area contributed by atoms with Gasteiger partial charge in [0.2, 0.25) is 0 Å². The Morgan fingerprint density at radius 3 is 2.56 bits per heavy atom. The zero-order valence-electron chi connectivity index (χ0n) is 17.9. The molecule has 0 fully saturated rings. The minimum Gasteiger partial charge on any atom is -0.483 e.